The second-order valence-electron chi connectivity index (χ2n) is 3.28. The van der Waals surface area contributed by atoms with Gasteiger partial charge in [-0.15, -0.1) is 11.8 Å². The van der Waals surface area contributed by atoms with Crippen molar-refractivity contribution in [2.45, 2.75) is 18.7 Å². The van der Waals surface area contributed by atoms with Crippen molar-refractivity contribution in [2.24, 2.45) is 5.92 Å². The van der Waals surface area contributed by atoms with Gasteiger partial charge in [0.15, 0.2) is 11.6 Å². The standard InChI is InChI=1S/C10H12F2S/c1-7(2)6-13-8-3-4-9(11)10(12)5-8/h3-5,7H,6H2,1-2H3. The van der Waals surface area contributed by atoms with E-state index in [0.717, 1.165) is 16.7 Å². The normalized spacial score (nSPS) is 10.8. The molecule has 0 aromatic heterocycles. The van der Waals surface area contributed by atoms with Crippen molar-refractivity contribution in [3.63, 3.8) is 0 Å². The molecule has 0 aliphatic rings. The third kappa shape index (κ3) is 3.35. The summed E-state index contributed by atoms with van der Waals surface area (Å²) in [6, 6.07) is 4.01. The Kier molecular flexibility index (Phi) is 3.72. The molecular weight excluding hydrogens is 190 g/mol. The van der Waals surface area contributed by atoms with Crippen molar-refractivity contribution < 1.29 is 8.78 Å². The lowest BCUT2D eigenvalue weighted by molar-refractivity contribution is 0.506. The van der Waals surface area contributed by atoms with Gasteiger partial charge in [0.05, 0.1) is 0 Å². The molecule has 0 amide bonds. The summed E-state index contributed by atoms with van der Waals surface area (Å²) in [4.78, 5) is 0.785. The maximum absolute atomic E-state index is 12.7. The number of thioether (sulfide) groups is 1. The van der Waals surface area contributed by atoms with Crippen LogP contribution in [0.2, 0.25) is 0 Å². The molecule has 0 nitrogen and oxygen atoms in total. The minimum atomic E-state index is -0.783. The molecule has 72 valence electrons. The van der Waals surface area contributed by atoms with Crippen LogP contribution >= 0.6 is 11.8 Å². The first-order valence-corrected chi connectivity index (χ1v) is 5.16. The summed E-state index contributed by atoms with van der Waals surface area (Å²) >= 11 is 1.54. The van der Waals surface area contributed by atoms with Gasteiger partial charge in [-0.25, -0.2) is 8.78 Å². The lowest BCUT2D eigenvalue weighted by Crippen LogP contribution is -1.91. The minimum absolute atomic E-state index is 0.554. The van der Waals surface area contributed by atoms with E-state index in [4.69, 9.17) is 0 Å². The predicted octanol–water partition coefficient (Wildman–Crippen LogP) is 3.71. The van der Waals surface area contributed by atoms with Gasteiger partial charge in [0.25, 0.3) is 0 Å². The van der Waals surface area contributed by atoms with Crippen molar-refractivity contribution in [1.82, 2.24) is 0 Å². The van der Waals surface area contributed by atoms with E-state index in [-0.39, 0.29) is 0 Å². The average molecular weight is 202 g/mol. The maximum Gasteiger partial charge on any atom is 0.159 e. The molecule has 0 radical (unpaired) electrons. The topological polar surface area (TPSA) is 0 Å². The first-order valence-electron chi connectivity index (χ1n) is 4.17. The first kappa shape index (κ1) is 10.5. The molecular formula is C10H12F2S. The van der Waals surface area contributed by atoms with Gasteiger partial charge in [0.2, 0.25) is 0 Å². The second kappa shape index (κ2) is 4.61. The molecule has 1 aromatic rings. The van der Waals surface area contributed by atoms with Crippen molar-refractivity contribution >= 4 is 11.8 Å². The zero-order chi connectivity index (χ0) is 9.84. The predicted molar refractivity (Wildman–Crippen MR) is 51.9 cm³/mol. The van der Waals surface area contributed by atoms with Gasteiger partial charge in [-0.3, -0.25) is 0 Å². The number of rotatable bonds is 3. The molecule has 13 heavy (non-hydrogen) atoms. The molecule has 0 saturated heterocycles. The van der Waals surface area contributed by atoms with Crippen molar-refractivity contribution in [3.8, 4) is 0 Å². The molecule has 0 aliphatic heterocycles. The summed E-state index contributed by atoms with van der Waals surface area (Å²) in [5.74, 6) is -0.0776. The Morgan fingerprint density at radius 1 is 1.23 bits per heavy atom. The van der Waals surface area contributed by atoms with E-state index in [2.05, 4.69) is 13.8 Å². The largest absolute Gasteiger partial charge is 0.204 e. The van der Waals surface area contributed by atoms with Gasteiger partial charge in [0.1, 0.15) is 0 Å². The highest BCUT2D eigenvalue weighted by molar-refractivity contribution is 7.99. The highest BCUT2D eigenvalue weighted by atomic mass is 32.2. The molecule has 3 heteroatoms. The van der Waals surface area contributed by atoms with Crippen LogP contribution in [0.4, 0.5) is 8.78 Å². The molecule has 0 bridgehead atoms. The smallest absolute Gasteiger partial charge is 0.159 e. The molecule has 0 aliphatic carbocycles. The van der Waals surface area contributed by atoms with Crippen LogP contribution in [0, 0.1) is 17.6 Å². The lowest BCUT2D eigenvalue weighted by Gasteiger charge is -2.04. The fraction of sp³-hybridized carbons (Fsp3) is 0.400. The molecule has 0 spiro atoms. The molecule has 0 fully saturated rings. The van der Waals surface area contributed by atoms with Gasteiger partial charge in [-0.1, -0.05) is 13.8 Å². The maximum atomic E-state index is 12.7. The number of halogens is 2. The van der Waals surface area contributed by atoms with Gasteiger partial charge in [0, 0.05) is 10.6 Å². The van der Waals surface area contributed by atoms with Crippen LogP contribution in [0.5, 0.6) is 0 Å². The Balaban J connectivity index is 2.63. The Morgan fingerprint density at radius 3 is 2.46 bits per heavy atom. The molecule has 0 heterocycles. The summed E-state index contributed by atoms with van der Waals surface area (Å²) < 4.78 is 25.2. The molecule has 0 atom stereocenters. The summed E-state index contributed by atoms with van der Waals surface area (Å²) in [6.45, 7) is 4.18. The van der Waals surface area contributed by atoms with Crippen LogP contribution < -0.4 is 0 Å². The SMILES string of the molecule is CC(C)CSc1ccc(F)c(F)c1. The number of hydrogen-bond donors (Lipinski definition) is 0. The van der Waals surface area contributed by atoms with Gasteiger partial charge in [-0.2, -0.15) is 0 Å². The molecule has 0 saturated carbocycles. The summed E-state index contributed by atoms with van der Waals surface area (Å²) in [6.07, 6.45) is 0. The third-order valence-corrected chi connectivity index (χ3v) is 2.89. The van der Waals surface area contributed by atoms with Crippen LogP contribution in [-0.2, 0) is 0 Å². The highest BCUT2D eigenvalue weighted by Crippen LogP contribution is 2.22. The lowest BCUT2D eigenvalue weighted by atomic mass is 10.3. The van der Waals surface area contributed by atoms with Crippen molar-refractivity contribution in [2.75, 3.05) is 5.75 Å². The fourth-order valence-corrected chi connectivity index (χ4v) is 1.71. The quantitative estimate of drug-likeness (QED) is 0.673. The monoisotopic (exact) mass is 202 g/mol. The first-order chi connectivity index (χ1) is 6.09. The van der Waals surface area contributed by atoms with Gasteiger partial charge >= 0.3 is 0 Å². The Hall–Kier alpha value is -0.570. The zero-order valence-electron chi connectivity index (χ0n) is 7.68. The van der Waals surface area contributed by atoms with Crippen LogP contribution in [0.3, 0.4) is 0 Å². The zero-order valence-corrected chi connectivity index (χ0v) is 8.50. The molecule has 0 unspecified atom stereocenters. The highest BCUT2D eigenvalue weighted by Gasteiger charge is 2.03. The molecule has 1 rings (SSSR count). The van der Waals surface area contributed by atoms with E-state index in [1.54, 1.807) is 17.8 Å². The van der Waals surface area contributed by atoms with Crippen molar-refractivity contribution in [1.29, 1.82) is 0 Å². The fourth-order valence-electron chi connectivity index (χ4n) is 0.830. The summed E-state index contributed by atoms with van der Waals surface area (Å²) in [5, 5.41) is 0. The Bertz CT molecular complexity index is 284. The van der Waals surface area contributed by atoms with Crippen LogP contribution in [0.1, 0.15) is 13.8 Å². The average Bonchev–Trinajstić information content (AvgIpc) is 2.07. The van der Waals surface area contributed by atoms with E-state index < -0.39 is 11.6 Å². The Labute approximate surface area is 81.3 Å². The van der Waals surface area contributed by atoms with Crippen LogP contribution in [0.25, 0.3) is 0 Å². The number of benzene rings is 1. The summed E-state index contributed by atoms with van der Waals surface area (Å²) in [7, 11) is 0. The second-order valence-corrected chi connectivity index (χ2v) is 4.37. The van der Waals surface area contributed by atoms with Gasteiger partial charge in [-0.05, 0) is 24.1 Å². The van der Waals surface area contributed by atoms with Crippen LogP contribution in [0.15, 0.2) is 23.1 Å². The number of hydrogen-bond acceptors (Lipinski definition) is 1. The van der Waals surface area contributed by atoms with E-state index in [1.807, 2.05) is 0 Å². The summed E-state index contributed by atoms with van der Waals surface area (Å²) in [5.41, 5.74) is 0. The van der Waals surface area contributed by atoms with Gasteiger partial charge < -0.3 is 0 Å². The Morgan fingerprint density at radius 2 is 1.92 bits per heavy atom. The minimum Gasteiger partial charge on any atom is -0.204 e. The van der Waals surface area contributed by atoms with Crippen LogP contribution in [-0.4, -0.2) is 5.75 Å². The van der Waals surface area contributed by atoms with Crippen molar-refractivity contribution in [3.05, 3.63) is 29.8 Å². The van der Waals surface area contributed by atoms with E-state index in [1.165, 1.54) is 6.07 Å². The van der Waals surface area contributed by atoms with E-state index >= 15 is 0 Å². The molecule has 1 aromatic carbocycles. The molecule has 0 N–H and O–H groups in total. The third-order valence-electron chi connectivity index (χ3n) is 1.47. The van der Waals surface area contributed by atoms with E-state index in [9.17, 15) is 8.78 Å². The van der Waals surface area contributed by atoms with E-state index in [0.29, 0.717) is 5.92 Å².